The van der Waals surface area contributed by atoms with Crippen LogP contribution >= 0.6 is 11.6 Å². The van der Waals surface area contributed by atoms with Crippen molar-refractivity contribution in [1.29, 1.82) is 0 Å². The molecular weight excluding hydrogens is 289 g/mol. The van der Waals surface area contributed by atoms with Gasteiger partial charge in [0.05, 0.1) is 5.56 Å². The summed E-state index contributed by atoms with van der Waals surface area (Å²) in [5.74, 6) is 0.740. The fourth-order valence-corrected chi connectivity index (χ4v) is 2.96. The zero-order valence-corrected chi connectivity index (χ0v) is 12.9. The van der Waals surface area contributed by atoms with E-state index in [0.717, 1.165) is 40.6 Å². The van der Waals surface area contributed by atoms with Crippen LogP contribution in [0.25, 0.3) is 0 Å². The van der Waals surface area contributed by atoms with Crippen LogP contribution in [0.4, 0.5) is 4.39 Å². The number of ether oxygens (including phenoxy) is 1. The number of nitrogens with one attached hydrogen (secondary N) is 1. The van der Waals surface area contributed by atoms with Crippen LogP contribution in [0.1, 0.15) is 22.3 Å². The predicted molar refractivity (Wildman–Crippen MR) is 81.2 cm³/mol. The predicted octanol–water partition coefficient (Wildman–Crippen LogP) is 3.03. The minimum absolute atomic E-state index is 0.202. The van der Waals surface area contributed by atoms with Crippen LogP contribution in [-0.4, -0.2) is 6.73 Å². The third-order valence-electron chi connectivity index (χ3n) is 4.00. The summed E-state index contributed by atoms with van der Waals surface area (Å²) < 4.78 is 18.8. The van der Waals surface area contributed by atoms with Gasteiger partial charge < -0.3 is 4.74 Å². The van der Waals surface area contributed by atoms with Gasteiger partial charge in [0.2, 0.25) is 6.73 Å². The highest BCUT2D eigenvalue weighted by Crippen LogP contribution is 2.32. The summed E-state index contributed by atoms with van der Waals surface area (Å²) in [6.45, 7) is 6.34. The Morgan fingerprint density at radius 3 is 2.67 bits per heavy atom. The molecular formula is C17H18ClFNO+. The molecule has 1 heterocycles. The Morgan fingerprint density at radius 2 is 1.95 bits per heavy atom. The van der Waals surface area contributed by atoms with Crippen LogP contribution in [0, 0.1) is 19.7 Å². The van der Waals surface area contributed by atoms with Crippen molar-refractivity contribution in [3.05, 3.63) is 63.4 Å². The number of aryl methyl sites for hydroxylation is 1. The topological polar surface area (TPSA) is 13.7 Å². The van der Waals surface area contributed by atoms with Crippen molar-refractivity contribution in [3.8, 4) is 5.75 Å². The Labute approximate surface area is 129 Å². The number of fused-ring (bicyclic) bond motifs is 1. The molecule has 4 heteroatoms. The Morgan fingerprint density at radius 1 is 1.24 bits per heavy atom. The minimum Gasteiger partial charge on any atom is -0.445 e. The van der Waals surface area contributed by atoms with E-state index in [1.54, 1.807) is 0 Å². The lowest BCUT2D eigenvalue weighted by atomic mass is 10.0. The van der Waals surface area contributed by atoms with Gasteiger partial charge in [-0.2, -0.15) is 0 Å². The van der Waals surface area contributed by atoms with Crippen molar-refractivity contribution in [2.75, 3.05) is 6.73 Å². The van der Waals surface area contributed by atoms with Crippen molar-refractivity contribution < 1.29 is 14.0 Å². The summed E-state index contributed by atoms with van der Waals surface area (Å²) in [6.07, 6.45) is 0. The maximum atomic E-state index is 13.0. The van der Waals surface area contributed by atoms with E-state index >= 15 is 0 Å². The normalized spacial score (nSPS) is 17.2. The van der Waals surface area contributed by atoms with Crippen LogP contribution in [0.15, 0.2) is 30.3 Å². The van der Waals surface area contributed by atoms with E-state index in [1.165, 1.54) is 22.6 Å². The van der Waals surface area contributed by atoms with Gasteiger partial charge in [0.25, 0.3) is 0 Å². The van der Waals surface area contributed by atoms with Crippen LogP contribution in [0.2, 0.25) is 5.02 Å². The lowest BCUT2D eigenvalue weighted by Gasteiger charge is -2.28. The van der Waals surface area contributed by atoms with E-state index in [0.29, 0.717) is 6.73 Å². The van der Waals surface area contributed by atoms with Crippen molar-refractivity contribution in [2.45, 2.75) is 26.9 Å². The van der Waals surface area contributed by atoms with Gasteiger partial charge in [-0.3, -0.25) is 4.90 Å². The average molecular weight is 307 g/mol. The summed E-state index contributed by atoms with van der Waals surface area (Å²) in [6, 6.07) is 8.66. The summed E-state index contributed by atoms with van der Waals surface area (Å²) in [5, 5.41) is 0.820. The molecule has 21 heavy (non-hydrogen) atoms. The fourth-order valence-electron chi connectivity index (χ4n) is 2.79. The second-order valence-corrected chi connectivity index (χ2v) is 6.01. The molecule has 0 bridgehead atoms. The lowest BCUT2D eigenvalue weighted by Crippen LogP contribution is -3.11. The Balaban J connectivity index is 1.81. The highest BCUT2D eigenvalue weighted by molar-refractivity contribution is 6.32. The van der Waals surface area contributed by atoms with E-state index in [1.807, 2.05) is 32.0 Å². The van der Waals surface area contributed by atoms with Gasteiger partial charge >= 0.3 is 0 Å². The van der Waals surface area contributed by atoms with E-state index in [2.05, 4.69) is 0 Å². The molecule has 2 nitrogen and oxygen atoms in total. The Bertz CT molecular complexity index is 669. The third kappa shape index (κ3) is 2.89. The number of quaternary nitrogens is 1. The van der Waals surface area contributed by atoms with Gasteiger partial charge in [-0.15, -0.1) is 0 Å². The number of hydrogen-bond donors (Lipinski definition) is 1. The van der Waals surface area contributed by atoms with E-state index in [9.17, 15) is 4.39 Å². The summed E-state index contributed by atoms with van der Waals surface area (Å²) in [7, 11) is 0. The van der Waals surface area contributed by atoms with Gasteiger partial charge in [0.15, 0.2) is 0 Å². The van der Waals surface area contributed by atoms with Gasteiger partial charge in [-0.05, 0) is 43.2 Å². The third-order valence-corrected chi connectivity index (χ3v) is 4.58. The SMILES string of the molecule is Cc1cc2c(c(C)c1Cl)C[NH+](Cc1ccc(F)cc1)CO2. The van der Waals surface area contributed by atoms with Gasteiger partial charge in [-0.25, -0.2) is 4.39 Å². The first-order chi connectivity index (χ1) is 10.0. The molecule has 0 saturated heterocycles. The maximum absolute atomic E-state index is 13.0. The molecule has 2 aromatic carbocycles. The Kier molecular flexibility index (Phi) is 3.87. The van der Waals surface area contributed by atoms with Crippen LogP contribution < -0.4 is 9.64 Å². The van der Waals surface area contributed by atoms with E-state index < -0.39 is 0 Å². The van der Waals surface area contributed by atoms with E-state index in [-0.39, 0.29) is 5.82 Å². The number of benzene rings is 2. The quantitative estimate of drug-likeness (QED) is 0.900. The first-order valence-corrected chi connectivity index (χ1v) is 7.42. The van der Waals surface area contributed by atoms with Crippen LogP contribution in [-0.2, 0) is 13.1 Å². The van der Waals surface area contributed by atoms with Crippen molar-refractivity contribution >= 4 is 11.6 Å². The van der Waals surface area contributed by atoms with Gasteiger partial charge in [0, 0.05) is 10.6 Å². The van der Waals surface area contributed by atoms with Crippen molar-refractivity contribution in [3.63, 3.8) is 0 Å². The molecule has 1 atom stereocenters. The molecule has 1 unspecified atom stereocenters. The number of halogens is 2. The molecule has 3 rings (SSSR count). The molecule has 0 aliphatic carbocycles. The molecule has 110 valence electrons. The monoisotopic (exact) mass is 306 g/mol. The number of hydrogen-bond acceptors (Lipinski definition) is 1. The zero-order chi connectivity index (χ0) is 15.0. The highest BCUT2D eigenvalue weighted by atomic mass is 35.5. The molecule has 0 saturated carbocycles. The van der Waals surface area contributed by atoms with Crippen LogP contribution in [0.5, 0.6) is 5.75 Å². The molecule has 0 amide bonds. The molecule has 0 radical (unpaired) electrons. The fraction of sp³-hybridized carbons (Fsp3) is 0.294. The Hall–Kier alpha value is -1.58. The summed E-state index contributed by atoms with van der Waals surface area (Å²) >= 11 is 6.33. The van der Waals surface area contributed by atoms with Crippen LogP contribution in [0.3, 0.4) is 0 Å². The first-order valence-electron chi connectivity index (χ1n) is 7.04. The molecule has 1 N–H and O–H groups in total. The molecule has 1 aliphatic rings. The van der Waals surface area contributed by atoms with Crippen molar-refractivity contribution in [1.82, 2.24) is 0 Å². The molecule has 0 fully saturated rings. The smallest absolute Gasteiger partial charge is 0.222 e. The largest absolute Gasteiger partial charge is 0.445 e. The summed E-state index contributed by atoms with van der Waals surface area (Å²) in [4.78, 5) is 1.29. The second-order valence-electron chi connectivity index (χ2n) is 5.63. The molecule has 2 aromatic rings. The average Bonchev–Trinajstić information content (AvgIpc) is 2.48. The first kappa shape index (κ1) is 14.4. The molecule has 0 spiro atoms. The summed E-state index contributed by atoms with van der Waals surface area (Å²) in [5.41, 5.74) is 4.43. The standard InChI is InChI=1S/C17H17ClFNO/c1-11-7-16-15(12(2)17(11)18)9-20(10-21-16)8-13-3-5-14(19)6-4-13/h3-7H,8-10H2,1-2H3/p+1. The van der Waals surface area contributed by atoms with Gasteiger partial charge in [0.1, 0.15) is 24.7 Å². The zero-order valence-electron chi connectivity index (χ0n) is 12.2. The lowest BCUT2D eigenvalue weighted by molar-refractivity contribution is -0.945. The molecule has 0 aromatic heterocycles. The number of rotatable bonds is 2. The minimum atomic E-state index is -0.202. The molecule has 1 aliphatic heterocycles. The second kappa shape index (κ2) is 5.66. The van der Waals surface area contributed by atoms with Gasteiger partial charge in [-0.1, -0.05) is 23.7 Å². The van der Waals surface area contributed by atoms with E-state index in [4.69, 9.17) is 16.3 Å². The highest BCUT2D eigenvalue weighted by Gasteiger charge is 2.24. The van der Waals surface area contributed by atoms with Crippen molar-refractivity contribution in [2.24, 2.45) is 0 Å². The maximum Gasteiger partial charge on any atom is 0.222 e.